The van der Waals surface area contributed by atoms with Gasteiger partial charge in [-0.2, -0.15) is 0 Å². The SMILES string of the molecule is O=C(/C=C/c1ccc(O)c(O)c1)NCCc1ccc(O)c(O)c1.O=C(/C=C/c1ccc(O)c(O)c1)Nc1ccc(O)c(O)c1.O=C(CCc1ccc(O)c(O)c1)NCCc1ccc(O)c(O)c1.O=C(NCCc1ccc(O)c(O)c1)C(=O)NCCc1ccc(O)c(O)c1.O=C(NCc1ccc(O)c(O)c1)C(=O)NCc1ccc(O)c(O)c1. The Balaban J connectivity index is 0.000000227. The Morgan fingerprint density at radius 3 is 0.795 bits per heavy atom. The van der Waals surface area contributed by atoms with E-state index >= 15 is 0 Å². The molecule has 34 nitrogen and oxygen atoms in total. The Bertz CT molecular complexity index is 5080. The molecule has 0 aliphatic rings. The second-order valence-electron chi connectivity index (χ2n) is 25.1. The number of carbonyl (C=O) groups is 7. The van der Waals surface area contributed by atoms with E-state index in [4.69, 9.17) is 10.2 Å². The number of aromatic hydroxyl groups is 20. The number of amides is 7. The van der Waals surface area contributed by atoms with Gasteiger partial charge in [0.25, 0.3) is 0 Å². The molecule has 0 unspecified atom stereocenters. The fourth-order valence-corrected chi connectivity index (χ4v) is 9.81. The van der Waals surface area contributed by atoms with Crippen molar-refractivity contribution in [1.82, 2.24) is 31.9 Å². The zero-order valence-corrected chi connectivity index (χ0v) is 61.9. The van der Waals surface area contributed by atoms with E-state index < -0.39 is 29.5 Å². The van der Waals surface area contributed by atoms with Crippen LogP contribution in [0.5, 0.6) is 115 Å². The predicted octanol–water partition coefficient (Wildman–Crippen LogP) is 6.81. The number of phenolic OH excluding ortho intramolecular Hbond substituents is 20. The molecule has 10 aromatic carbocycles. The molecule has 0 saturated carbocycles. The normalized spacial score (nSPS) is 10.5. The summed E-state index contributed by atoms with van der Waals surface area (Å²) < 4.78 is 0. The van der Waals surface area contributed by atoms with E-state index in [1.807, 2.05) is 0 Å². The van der Waals surface area contributed by atoms with Gasteiger partial charge in [0.2, 0.25) is 17.7 Å². The molecule has 0 aliphatic carbocycles. The summed E-state index contributed by atoms with van der Waals surface area (Å²) in [6, 6.07) is 42.6. The molecule has 0 aromatic heterocycles. The lowest BCUT2D eigenvalue weighted by Crippen LogP contribution is -2.41. The zero-order valence-electron chi connectivity index (χ0n) is 61.9. The maximum Gasteiger partial charge on any atom is 0.309 e. The third kappa shape index (κ3) is 31.3. The summed E-state index contributed by atoms with van der Waals surface area (Å²) in [4.78, 5) is 81.9. The number of phenols is 20. The minimum atomic E-state index is -0.870. The highest BCUT2D eigenvalue weighted by Gasteiger charge is 2.17. The number of anilines is 1. The molecule has 0 spiro atoms. The van der Waals surface area contributed by atoms with Crippen LogP contribution in [-0.4, -0.2) is 170 Å². The summed E-state index contributed by atoms with van der Waals surface area (Å²) in [5.74, 6) is -9.01. The summed E-state index contributed by atoms with van der Waals surface area (Å²) in [6.07, 6.45) is 8.07. The van der Waals surface area contributed by atoms with Crippen molar-refractivity contribution in [3.63, 3.8) is 0 Å². The van der Waals surface area contributed by atoms with Crippen LogP contribution in [0.4, 0.5) is 5.69 Å². The van der Waals surface area contributed by atoms with Crippen LogP contribution >= 0.6 is 0 Å². The minimum Gasteiger partial charge on any atom is -0.504 e. The lowest BCUT2D eigenvalue weighted by Gasteiger charge is -2.08. The molecule has 614 valence electrons. The van der Waals surface area contributed by atoms with Gasteiger partial charge in [0.05, 0.1) is 0 Å². The van der Waals surface area contributed by atoms with E-state index in [1.165, 1.54) is 170 Å². The maximum absolute atomic E-state index is 11.8. The number of hydrogen-bond acceptors (Lipinski definition) is 27. The van der Waals surface area contributed by atoms with Crippen molar-refractivity contribution in [1.29, 1.82) is 0 Å². The topological polar surface area (TPSA) is 608 Å². The Morgan fingerprint density at radius 1 is 0.231 bits per heavy atom. The van der Waals surface area contributed by atoms with Gasteiger partial charge in [0.1, 0.15) is 0 Å². The summed E-state index contributed by atoms with van der Waals surface area (Å²) >= 11 is 0. The van der Waals surface area contributed by atoms with Crippen LogP contribution in [0, 0.1) is 0 Å². The summed E-state index contributed by atoms with van der Waals surface area (Å²) in [5, 5.41) is 203. The molecule has 117 heavy (non-hydrogen) atoms. The van der Waals surface area contributed by atoms with Crippen LogP contribution in [0.25, 0.3) is 12.2 Å². The van der Waals surface area contributed by atoms with E-state index in [9.17, 15) is 125 Å². The number of nitrogens with one attached hydrogen (secondary N) is 7. The van der Waals surface area contributed by atoms with E-state index in [2.05, 4.69) is 37.2 Å². The highest BCUT2D eigenvalue weighted by Crippen LogP contribution is 2.33. The summed E-state index contributed by atoms with van der Waals surface area (Å²) in [5.41, 5.74) is 6.23. The first-order valence-corrected chi connectivity index (χ1v) is 35.1. The van der Waals surface area contributed by atoms with Crippen molar-refractivity contribution in [2.45, 2.75) is 51.6 Å². The lowest BCUT2D eigenvalue weighted by molar-refractivity contribution is -0.139. The van der Waals surface area contributed by atoms with Gasteiger partial charge < -0.3 is 139 Å². The number of rotatable bonds is 24. The fraction of sp³-hybridized carbons (Fsp3) is 0.145. The first-order chi connectivity index (χ1) is 55.6. The zero-order chi connectivity index (χ0) is 85.8. The van der Waals surface area contributed by atoms with Crippen LogP contribution in [0.15, 0.2) is 194 Å². The lowest BCUT2D eigenvalue weighted by atomic mass is 10.1. The van der Waals surface area contributed by atoms with E-state index in [0.29, 0.717) is 84.3 Å². The highest BCUT2D eigenvalue weighted by molar-refractivity contribution is 6.35. The second kappa shape index (κ2) is 44.7. The Morgan fingerprint density at radius 2 is 0.479 bits per heavy atom. The first-order valence-electron chi connectivity index (χ1n) is 35.1. The van der Waals surface area contributed by atoms with Crippen molar-refractivity contribution in [2.75, 3.05) is 31.5 Å². The predicted molar refractivity (Wildman–Crippen MR) is 423 cm³/mol. The fourth-order valence-electron chi connectivity index (χ4n) is 9.81. The van der Waals surface area contributed by atoms with Crippen LogP contribution < -0.4 is 37.2 Å². The van der Waals surface area contributed by atoms with Crippen LogP contribution in [-0.2, 0) is 78.8 Å². The van der Waals surface area contributed by atoms with Crippen molar-refractivity contribution in [3.05, 3.63) is 244 Å². The van der Waals surface area contributed by atoms with Crippen LogP contribution in [0.3, 0.4) is 0 Å². The molecule has 7 amide bonds. The molecule has 27 N–H and O–H groups in total. The van der Waals surface area contributed by atoms with E-state index in [-0.39, 0.29) is 159 Å². The number of carbonyl (C=O) groups excluding carboxylic acids is 7. The van der Waals surface area contributed by atoms with Gasteiger partial charge in [0.15, 0.2) is 115 Å². The minimum absolute atomic E-state index is 0.0000901. The number of benzene rings is 10. The number of aryl methyl sites for hydroxylation is 1. The molecule has 0 bridgehead atoms. The van der Waals surface area contributed by atoms with Gasteiger partial charge in [-0.15, -0.1) is 0 Å². The Hall–Kier alpha value is -16.0. The molecule has 10 rings (SSSR count). The standard InChI is InChI=1S/C18H20N2O6.C17H19NO5.C17H17NO5.C16H16N2O6.C15H13NO5/c21-13-3-1-11(9-15(13)23)5-7-19-17(25)18(26)20-8-6-12-2-4-14(22)16(24)10-12;2*19-13-4-1-11(9-15(13)21)3-6-17(23)18-8-7-12-2-5-14(20)16(22)10-12;19-11-3-1-9(5-13(11)21)7-17-15(23)16(24)18-8-10-2-4-12(20)14(22)6-10;17-11-4-1-9(7-13(11)19)2-6-15(21)16-10-3-5-12(18)14(20)8-10/h1-4,9-10,21-24H,5-8H2,(H,19,25)(H,20,26);1-2,4-5,9-10,19-22H,3,6-8H2,(H,18,23);1-6,9-10,19-22H,7-8H2,(H,18,23);1-6,19-22H,7-8H2,(H,17,23)(H,18,24);1-8,17-20H,(H,16,21)/b;;6-3+;;6-2+. The molecule has 34 heteroatoms. The smallest absolute Gasteiger partial charge is 0.309 e. The molecule has 0 heterocycles. The summed E-state index contributed by atoms with van der Waals surface area (Å²) in [7, 11) is 0. The third-order valence-electron chi connectivity index (χ3n) is 16.2. The highest BCUT2D eigenvalue weighted by atomic mass is 16.3. The van der Waals surface area contributed by atoms with Crippen molar-refractivity contribution < 1.29 is 136 Å². The second-order valence-corrected chi connectivity index (χ2v) is 25.1. The Labute approximate surface area is 666 Å². The van der Waals surface area contributed by atoms with Gasteiger partial charge >= 0.3 is 23.6 Å². The third-order valence-corrected chi connectivity index (χ3v) is 16.2. The van der Waals surface area contributed by atoms with Gasteiger partial charge in [-0.3, -0.25) is 33.6 Å². The van der Waals surface area contributed by atoms with Crippen molar-refractivity contribution in [3.8, 4) is 115 Å². The van der Waals surface area contributed by atoms with E-state index in [1.54, 1.807) is 36.4 Å². The molecule has 0 atom stereocenters. The first kappa shape index (κ1) is 89.9. The van der Waals surface area contributed by atoms with Crippen LogP contribution in [0.1, 0.15) is 56.5 Å². The van der Waals surface area contributed by atoms with E-state index in [0.717, 1.165) is 16.7 Å². The molecule has 10 aromatic rings. The Kier molecular flexibility index (Phi) is 34.3. The largest absolute Gasteiger partial charge is 0.504 e. The maximum atomic E-state index is 11.8. The van der Waals surface area contributed by atoms with Crippen molar-refractivity contribution >= 4 is 59.2 Å². The molecular weight excluding hydrogens is 1530 g/mol. The molecule has 0 radical (unpaired) electrons. The molecular formula is C83H85N7O27. The van der Waals surface area contributed by atoms with Gasteiger partial charge in [-0.05, 0) is 216 Å². The van der Waals surface area contributed by atoms with Crippen molar-refractivity contribution in [2.24, 2.45) is 0 Å². The van der Waals surface area contributed by atoms with Crippen LogP contribution in [0.2, 0.25) is 0 Å². The van der Waals surface area contributed by atoms with Gasteiger partial charge in [-0.1, -0.05) is 54.6 Å². The number of hydrogen-bond donors (Lipinski definition) is 27. The average Bonchev–Trinajstić information content (AvgIpc) is 0.749. The average molecular weight is 1610 g/mol. The van der Waals surface area contributed by atoms with Gasteiger partial charge in [0, 0.05) is 69.6 Å². The molecule has 0 aliphatic heterocycles. The monoisotopic (exact) mass is 1610 g/mol. The quantitative estimate of drug-likeness (QED) is 0.0128. The molecule has 0 saturated heterocycles. The van der Waals surface area contributed by atoms with Gasteiger partial charge in [-0.25, -0.2) is 0 Å². The molecule has 0 fully saturated rings. The summed E-state index contributed by atoms with van der Waals surface area (Å²) in [6.45, 7) is 1.18.